The molecule has 0 spiro atoms. The smallest absolute Gasteiger partial charge is 0.231 e. The number of piperidine rings is 1. The van der Waals surface area contributed by atoms with E-state index < -0.39 is 0 Å². The Bertz CT molecular complexity index is 1410. The average Bonchev–Trinajstić information content (AvgIpc) is 3.39. The third-order valence-corrected chi connectivity index (χ3v) is 6.39. The molecule has 2 aliphatic rings. The maximum Gasteiger partial charge on any atom is 0.231 e. The maximum atomic E-state index is 10.1. The van der Waals surface area contributed by atoms with E-state index in [0.29, 0.717) is 50.8 Å². The second-order valence-corrected chi connectivity index (χ2v) is 8.64. The summed E-state index contributed by atoms with van der Waals surface area (Å²) in [6, 6.07) is 11.6. The topological polar surface area (TPSA) is 80.1 Å². The molecule has 0 radical (unpaired) electrons. The Kier molecular flexibility index (Phi) is 9.55. The molecule has 10 heteroatoms. The zero-order chi connectivity index (χ0) is 25.1. The molecule has 0 bridgehead atoms. The van der Waals surface area contributed by atoms with Crippen molar-refractivity contribution in [1.29, 1.82) is 5.26 Å². The van der Waals surface area contributed by atoms with E-state index in [4.69, 9.17) is 25.4 Å². The van der Waals surface area contributed by atoms with Gasteiger partial charge in [-0.05, 0) is 32.0 Å². The summed E-state index contributed by atoms with van der Waals surface area (Å²) in [5.41, 5.74) is 2.26. The number of methoxy groups -OCH3 is 1. The first-order chi connectivity index (χ1) is 17.6. The van der Waals surface area contributed by atoms with Crippen LogP contribution in [-0.4, -0.2) is 50.0 Å². The van der Waals surface area contributed by atoms with Gasteiger partial charge >= 0.3 is 0 Å². The summed E-state index contributed by atoms with van der Waals surface area (Å²) < 4.78 is 23.5. The lowest BCUT2D eigenvalue weighted by molar-refractivity contribution is 0.115. The summed E-state index contributed by atoms with van der Waals surface area (Å²) >= 11 is 0. The van der Waals surface area contributed by atoms with Gasteiger partial charge in [0.25, 0.3) is 0 Å². The van der Waals surface area contributed by atoms with E-state index in [1.807, 2.05) is 35.2 Å². The number of halogens is 2. The van der Waals surface area contributed by atoms with Crippen LogP contribution in [0.1, 0.15) is 18.4 Å². The number of para-hydroxylation sites is 1. The highest BCUT2D eigenvalue weighted by Gasteiger charge is 2.27. The first-order valence-corrected chi connectivity index (χ1v) is 11.7. The predicted molar refractivity (Wildman–Crippen MR) is 151 cm³/mol. The van der Waals surface area contributed by atoms with Gasteiger partial charge in [-0.3, -0.25) is 4.98 Å². The van der Waals surface area contributed by atoms with E-state index in [0.717, 1.165) is 25.9 Å². The molecule has 2 aliphatic heterocycles. The molecule has 3 aromatic rings. The Morgan fingerprint density at radius 3 is 2.71 bits per heavy atom. The van der Waals surface area contributed by atoms with Gasteiger partial charge in [-0.1, -0.05) is 12.0 Å². The lowest BCUT2D eigenvalue weighted by atomic mass is 10.0. The van der Waals surface area contributed by atoms with Crippen molar-refractivity contribution >= 4 is 47.1 Å². The van der Waals surface area contributed by atoms with Gasteiger partial charge in [0.05, 0.1) is 35.0 Å². The van der Waals surface area contributed by atoms with Crippen LogP contribution in [0.15, 0.2) is 48.8 Å². The van der Waals surface area contributed by atoms with Crippen molar-refractivity contribution in [3.8, 4) is 41.4 Å². The Hall–Kier alpha value is -3.82. The highest BCUT2D eigenvalue weighted by Crippen LogP contribution is 2.48. The largest absolute Gasteiger partial charge is 0.497 e. The number of nitrogens with zero attached hydrogens (tertiary/aromatic N) is 4. The minimum Gasteiger partial charge on any atom is -0.497 e. The molecule has 0 aliphatic carbocycles. The standard InChI is InChI=1S/C28H26N4O4.2ClH/c1-4-5-11-32(23-7-6-8-24-28(23)35-18-34-24)27-19(16-29)17-30-22-14-21(33-3)15-25(26(22)27)36-20-9-12-31(2)13-10-20;;/h1,5-8,11,14-15,17,20H,9-10,12-13,18H2,2-3H3;2*1H. The monoisotopic (exact) mass is 554 g/mol. The van der Waals surface area contributed by atoms with Crippen LogP contribution in [0.25, 0.3) is 10.9 Å². The van der Waals surface area contributed by atoms with Crippen LogP contribution in [0.3, 0.4) is 0 Å². The molecule has 38 heavy (non-hydrogen) atoms. The molecular formula is C28H28Cl2N4O4. The number of fused-ring (bicyclic) bond motifs is 2. The normalized spacial score (nSPS) is 14.7. The number of nitriles is 1. The van der Waals surface area contributed by atoms with Gasteiger partial charge in [0.2, 0.25) is 6.79 Å². The first-order valence-electron chi connectivity index (χ1n) is 11.7. The van der Waals surface area contributed by atoms with Crippen molar-refractivity contribution in [2.24, 2.45) is 0 Å². The van der Waals surface area contributed by atoms with Crippen LogP contribution in [0.4, 0.5) is 11.4 Å². The van der Waals surface area contributed by atoms with E-state index in [1.165, 1.54) is 0 Å². The number of allylic oxidation sites excluding steroid dienone is 1. The average molecular weight is 555 g/mol. The lowest BCUT2D eigenvalue weighted by Gasteiger charge is -2.30. The fourth-order valence-corrected chi connectivity index (χ4v) is 4.57. The van der Waals surface area contributed by atoms with Crippen molar-refractivity contribution in [3.05, 3.63) is 54.4 Å². The van der Waals surface area contributed by atoms with E-state index in [1.54, 1.807) is 25.6 Å². The molecule has 0 atom stereocenters. The zero-order valence-corrected chi connectivity index (χ0v) is 22.7. The molecule has 5 rings (SSSR count). The van der Waals surface area contributed by atoms with Crippen molar-refractivity contribution < 1.29 is 18.9 Å². The van der Waals surface area contributed by atoms with Gasteiger partial charge < -0.3 is 28.7 Å². The molecule has 8 nitrogen and oxygen atoms in total. The number of rotatable bonds is 6. The SMILES string of the molecule is C#CC=CN(c1cccc2c1OCO2)c1c(C#N)cnc2cc(OC)cc(OC3CCN(C)CC3)c12.Cl.Cl. The van der Waals surface area contributed by atoms with Crippen molar-refractivity contribution in [2.45, 2.75) is 18.9 Å². The van der Waals surface area contributed by atoms with Gasteiger partial charge in [-0.2, -0.15) is 5.26 Å². The number of hydrogen-bond donors (Lipinski definition) is 0. The fraction of sp³-hybridized carbons (Fsp3) is 0.286. The highest BCUT2D eigenvalue weighted by molar-refractivity contribution is 6.02. The molecule has 0 N–H and O–H groups in total. The Morgan fingerprint density at radius 2 is 2.00 bits per heavy atom. The maximum absolute atomic E-state index is 10.1. The van der Waals surface area contributed by atoms with Crippen LogP contribution in [-0.2, 0) is 0 Å². The van der Waals surface area contributed by atoms with Crippen LogP contribution in [0.5, 0.6) is 23.0 Å². The van der Waals surface area contributed by atoms with Crippen molar-refractivity contribution in [3.63, 3.8) is 0 Å². The number of pyridine rings is 1. The molecule has 1 fully saturated rings. The van der Waals surface area contributed by atoms with Crippen LogP contribution in [0.2, 0.25) is 0 Å². The predicted octanol–water partition coefficient (Wildman–Crippen LogP) is 5.45. The van der Waals surface area contributed by atoms with Crippen LogP contribution < -0.4 is 23.8 Å². The number of benzene rings is 2. The Morgan fingerprint density at radius 1 is 1.21 bits per heavy atom. The summed E-state index contributed by atoms with van der Waals surface area (Å²) in [4.78, 5) is 8.70. The minimum atomic E-state index is 0. The van der Waals surface area contributed by atoms with E-state index >= 15 is 0 Å². The molecule has 1 aromatic heterocycles. The molecule has 198 valence electrons. The summed E-state index contributed by atoms with van der Waals surface area (Å²) in [5, 5.41) is 10.8. The zero-order valence-electron chi connectivity index (χ0n) is 21.0. The number of anilines is 2. The minimum absolute atomic E-state index is 0. The highest BCUT2D eigenvalue weighted by atomic mass is 35.5. The molecule has 0 amide bonds. The lowest BCUT2D eigenvalue weighted by Crippen LogP contribution is -2.35. The van der Waals surface area contributed by atoms with E-state index in [-0.39, 0.29) is 37.7 Å². The summed E-state index contributed by atoms with van der Waals surface area (Å²) in [6.07, 6.45) is 12.3. The number of likely N-dealkylation sites (tertiary alicyclic amines) is 1. The van der Waals surface area contributed by atoms with Gasteiger partial charge in [0.15, 0.2) is 11.5 Å². The summed E-state index contributed by atoms with van der Waals surface area (Å²) in [7, 11) is 3.72. The Labute approximate surface area is 234 Å². The Balaban J connectivity index is 0.00000200. The molecule has 0 saturated carbocycles. The third-order valence-electron chi connectivity index (χ3n) is 6.39. The quantitative estimate of drug-likeness (QED) is 0.372. The number of ether oxygens (including phenoxy) is 4. The van der Waals surface area contributed by atoms with Crippen LogP contribution >= 0.6 is 24.8 Å². The number of hydrogen-bond acceptors (Lipinski definition) is 8. The third kappa shape index (κ3) is 5.54. The molecule has 3 heterocycles. The van der Waals surface area contributed by atoms with Crippen LogP contribution in [0, 0.1) is 23.7 Å². The summed E-state index contributed by atoms with van der Waals surface area (Å²) in [5.74, 6) is 4.95. The molecule has 1 saturated heterocycles. The van der Waals surface area contributed by atoms with Gasteiger partial charge in [0, 0.05) is 43.7 Å². The molecule has 2 aromatic carbocycles. The second kappa shape index (κ2) is 12.6. The molecular weight excluding hydrogens is 527 g/mol. The van der Waals surface area contributed by atoms with Gasteiger partial charge in [0.1, 0.15) is 23.7 Å². The summed E-state index contributed by atoms with van der Waals surface area (Å²) in [6.45, 7) is 2.01. The van der Waals surface area contributed by atoms with E-state index in [2.05, 4.69) is 28.9 Å². The van der Waals surface area contributed by atoms with Gasteiger partial charge in [-0.15, -0.1) is 31.2 Å². The van der Waals surface area contributed by atoms with E-state index in [9.17, 15) is 5.26 Å². The molecule has 0 unspecified atom stereocenters. The van der Waals surface area contributed by atoms with Crippen molar-refractivity contribution in [2.75, 3.05) is 38.9 Å². The number of terminal acetylenes is 1. The van der Waals surface area contributed by atoms with Gasteiger partial charge in [-0.25, -0.2) is 0 Å². The second-order valence-electron chi connectivity index (χ2n) is 8.64. The first kappa shape index (κ1) is 28.7. The fourth-order valence-electron chi connectivity index (χ4n) is 4.57. The number of aromatic nitrogens is 1. The van der Waals surface area contributed by atoms with Crippen molar-refractivity contribution in [1.82, 2.24) is 9.88 Å².